The number of anilines is 2. The molecule has 1 aromatic rings. The van der Waals surface area contributed by atoms with Crippen LogP contribution in [0.5, 0.6) is 5.75 Å². The van der Waals surface area contributed by atoms with Gasteiger partial charge in [0.25, 0.3) is 0 Å². The third kappa shape index (κ3) is 5.87. The summed E-state index contributed by atoms with van der Waals surface area (Å²) in [4.78, 5) is 11.7. The summed E-state index contributed by atoms with van der Waals surface area (Å²) >= 11 is 1.64. The summed E-state index contributed by atoms with van der Waals surface area (Å²) in [6, 6.07) is 5.23. The summed E-state index contributed by atoms with van der Waals surface area (Å²) in [5.74, 6) is 2.79. The fourth-order valence-corrected chi connectivity index (χ4v) is 2.49. The van der Waals surface area contributed by atoms with Gasteiger partial charge in [0, 0.05) is 6.07 Å². The number of thioether (sulfide) groups is 1. The molecule has 19 heavy (non-hydrogen) atoms. The summed E-state index contributed by atoms with van der Waals surface area (Å²) in [5, 5.41) is 2.81. The molecule has 0 bridgehead atoms. The smallest absolute Gasteiger partial charge is 0.234 e. The lowest BCUT2D eigenvalue weighted by molar-refractivity contribution is -0.113. The number of carbonyl (C=O) groups is 1. The van der Waals surface area contributed by atoms with Crippen molar-refractivity contribution in [2.45, 2.75) is 20.3 Å². The first kappa shape index (κ1) is 15.7. The zero-order valence-electron chi connectivity index (χ0n) is 11.7. The Labute approximate surface area is 119 Å². The maximum absolute atomic E-state index is 11.7. The normalized spacial score (nSPS) is 10.5. The topological polar surface area (TPSA) is 64.3 Å². The Balaban J connectivity index is 2.40. The van der Waals surface area contributed by atoms with Gasteiger partial charge in [-0.2, -0.15) is 11.8 Å². The van der Waals surface area contributed by atoms with E-state index in [1.54, 1.807) is 37.1 Å². The predicted molar refractivity (Wildman–Crippen MR) is 82.8 cm³/mol. The summed E-state index contributed by atoms with van der Waals surface area (Å²) in [6.45, 7) is 4.36. The molecule has 0 heterocycles. The Hall–Kier alpha value is -1.36. The number of ether oxygens (including phenoxy) is 1. The first-order valence-corrected chi connectivity index (χ1v) is 7.49. The number of nitrogens with one attached hydrogen (secondary N) is 1. The number of nitrogens with two attached hydrogens (primary N) is 1. The third-order valence-electron chi connectivity index (χ3n) is 2.61. The quantitative estimate of drug-likeness (QED) is 0.596. The number of carbonyl (C=O) groups excluding carboxylic acids is 1. The largest absolute Gasteiger partial charge is 0.497 e. The van der Waals surface area contributed by atoms with Crippen LogP contribution in [0.25, 0.3) is 0 Å². The number of methoxy groups -OCH3 is 1. The van der Waals surface area contributed by atoms with Crippen molar-refractivity contribution in [3.05, 3.63) is 18.2 Å². The third-order valence-corrected chi connectivity index (χ3v) is 3.60. The van der Waals surface area contributed by atoms with Gasteiger partial charge in [-0.3, -0.25) is 4.79 Å². The van der Waals surface area contributed by atoms with Crippen LogP contribution in [0.3, 0.4) is 0 Å². The Bertz CT molecular complexity index is 422. The summed E-state index contributed by atoms with van der Waals surface area (Å²) < 4.78 is 5.06. The molecule has 0 unspecified atom stereocenters. The van der Waals surface area contributed by atoms with Crippen LogP contribution < -0.4 is 15.8 Å². The van der Waals surface area contributed by atoms with E-state index in [4.69, 9.17) is 10.5 Å². The summed E-state index contributed by atoms with van der Waals surface area (Å²) in [7, 11) is 1.58. The molecule has 5 heteroatoms. The number of rotatable bonds is 7. The number of benzene rings is 1. The molecule has 0 fully saturated rings. The van der Waals surface area contributed by atoms with Gasteiger partial charge in [0.2, 0.25) is 5.91 Å². The monoisotopic (exact) mass is 282 g/mol. The van der Waals surface area contributed by atoms with Crippen molar-refractivity contribution in [2.24, 2.45) is 5.92 Å². The van der Waals surface area contributed by atoms with Gasteiger partial charge in [-0.15, -0.1) is 0 Å². The molecule has 0 atom stereocenters. The average Bonchev–Trinajstić information content (AvgIpc) is 2.37. The van der Waals surface area contributed by atoms with Crippen LogP contribution in [-0.2, 0) is 4.79 Å². The first-order chi connectivity index (χ1) is 9.02. The first-order valence-electron chi connectivity index (χ1n) is 6.34. The van der Waals surface area contributed by atoms with Crippen LogP contribution in [0.4, 0.5) is 11.4 Å². The van der Waals surface area contributed by atoms with Crippen LogP contribution in [0, 0.1) is 5.92 Å². The Morgan fingerprint density at radius 3 is 2.79 bits per heavy atom. The molecule has 0 saturated carbocycles. The molecular formula is C14H22N2O2S. The fourth-order valence-electron chi connectivity index (χ4n) is 1.45. The van der Waals surface area contributed by atoms with Crippen LogP contribution in [0.15, 0.2) is 18.2 Å². The maximum atomic E-state index is 11.7. The Kier molecular flexibility index (Phi) is 6.56. The molecule has 0 saturated heterocycles. The van der Waals surface area contributed by atoms with Crippen molar-refractivity contribution in [2.75, 3.05) is 29.7 Å². The second kappa shape index (κ2) is 7.94. The molecule has 0 aliphatic rings. The summed E-state index contributed by atoms with van der Waals surface area (Å²) in [6.07, 6.45) is 1.13. The highest BCUT2D eigenvalue weighted by molar-refractivity contribution is 7.99. The lowest BCUT2D eigenvalue weighted by Gasteiger charge is -2.10. The van der Waals surface area contributed by atoms with Gasteiger partial charge in [-0.05, 0) is 30.2 Å². The Morgan fingerprint density at radius 2 is 2.21 bits per heavy atom. The second-order valence-corrected chi connectivity index (χ2v) is 5.84. The van der Waals surface area contributed by atoms with E-state index in [1.807, 2.05) is 0 Å². The molecule has 0 aliphatic heterocycles. The van der Waals surface area contributed by atoms with Crippen LogP contribution in [0.2, 0.25) is 0 Å². The number of hydrogen-bond acceptors (Lipinski definition) is 4. The summed E-state index contributed by atoms with van der Waals surface area (Å²) in [5.41, 5.74) is 6.99. The lowest BCUT2D eigenvalue weighted by atomic mass is 10.2. The van der Waals surface area contributed by atoms with Crippen molar-refractivity contribution in [1.29, 1.82) is 0 Å². The van der Waals surface area contributed by atoms with E-state index in [-0.39, 0.29) is 5.91 Å². The standard InChI is InChI=1S/C14H22N2O2S/c1-10(2)6-7-19-9-14(17)16-13-5-4-11(18-3)8-12(13)15/h4-5,8,10H,6-7,9,15H2,1-3H3,(H,16,17). The molecule has 0 radical (unpaired) electrons. The van der Waals surface area contributed by atoms with E-state index in [1.165, 1.54) is 0 Å². The van der Waals surface area contributed by atoms with Gasteiger partial charge < -0.3 is 15.8 Å². The van der Waals surface area contributed by atoms with E-state index in [9.17, 15) is 4.79 Å². The number of nitrogen functional groups attached to an aromatic ring is 1. The molecule has 0 aliphatic carbocycles. The maximum Gasteiger partial charge on any atom is 0.234 e. The van der Waals surface area contributed by atoms with Gasteiger partial charge in [-0.25, -0.2) is 0 Å². The van der Waals surface area contributed by atoms with Gasteiger partial charge in [0.15, 0.2) is 0 Å². The molecule has 106 valence electrons. The number of amides is 1. The zero-order valence-corrected chi connectivity index (χ0v) is 12.5. The molecule has 4 nitrogen and oxygen atoms in total. The molecular weight excluding hydrogens is 260 g/mol. The predicted octanol–water partition coefficient (Wildman–Crippen LogP) is 3.00. The van der Waals surface area contributed by atoms with Crippen LogP contribution >= 0.6 is 11.8 Å². The average molecular weight is 282 g/mol. The minimum atomic E-state index is -0.0226. The van der Waals surface area contributed by atoms with Gasteiger partial charge in [-0.1, -0.05) is 13.8 Å². The molecule has 0 aromatic heterocycles. The van der Waals surface area contributed by atoms with E-state index in [0.717, 1.165) is 12.2 Å². The van der Waals surface area contributed by atoms with Crippen molar-refractivity contribution in [3.8, 4) is 5.75 Å². The van der Waals surface area contributed by atoms with Gasteiger partial charge in [0.1, 0.15) is 5.75 Å². The van der Waals surface area contributed by atoms with E-state index in [2.05, 4.69) is 19.2 Å². The fraction of sp³-hybridized carbons (Fsp3) is 0.500. The van der Waals surface area contributed by atoms with Crippen LogP contribution in [-0.4, -0.2) is 24.5 Å². The van der Waals surface area contributed by atoms with Crippen LogP contribution in [0.1, 0.15) is 20.3 Å². The zero-order chi connectivity index (χ0) is 14.3. The van der Waals surface area contributed by atoms with E-state index in [0.29, 0.717) is 28.8 Å². The van der Waals surface area contributed by atoms with Gasteiger partial charge >= 0.3 is 0 Å². The Morgan fingerprint density at radius 1 is 1.47 bits per heavy atom. The van der Waals surface area contributed by atoms with Crippen molar-refractivity contribution >= 4 is 29.0 Å². The number of hydrogen-bond donors (Lipinski definition) is 2. The van der Waals surface area contributed by atoms with Crippen molar-refractivity contribution < 1.29 is 9.53 Å². The molecule has 1 aromatic carbocycles. The van der Waals surface area contributed by atoms with Gasteiger partial charge in [0.05, 0.1) is 24.2 Å². The van der Waals surface area contributed by atoms with E-state index < -0.39 is 0 Å². The lowest BCUT2D eigenvalue weighted by Crippen LogP contribution is -2.15. The SMILES string of the molecule is COc1ccc(NC(=O)CSCCC(C)C)c(N)c1. The molecule has 0 spiro atoms. The highest BCUT2D eigenvalue weighted by Gasteiger charge is 2.06. The molecule has 3 N–H and O–H groups in total. The highest BCUT2D eigenvalue weighted by atomic mass is 32.2. The minimum Gasteiger partial charge on any atom is -0.497 e. The highest BCUT2D eigenvalue weighted by Crippen LogP contribution is 2.24. The molecule has 1 amide bonds. The second-order valence-electron chi connectivity index (χ2n) is 4.74. The van der Waals surface area contributed by atoms with Crippen molar-refractivity contribution in [3.63, 3.8) is 0 Å². The molecule has 1 rings (SSSR count). The van der Waals surface area contributed by atoms with E-state index >= 15 is 0 Å². The minimum absolute atomic E-state index is 0.0226. The van der Waals surface area contributed by atoms with Crippen molar-refractivity contribution in [1.82, 2.24) is 0 Å².